The minimum Gasteiger partial charge on any atom is -0.358 e. The molecule has 0 spiro atoms. The number of nitrogens with zero attached hydrogens (tertiary/aromatic N) is 3. The van der Waals surface area contributed by atoms with Crippen LogP contribution in [0, 0.1) is 6.92 Å². The number of benzene rings is 1. The second-order valence-corrected chi connectivity index (χ2v) is 7.62. The van der Waals surface area contributed by atoms with E-state index in [0.29, 0.717) is 42.6 Å². The van der Waals surface area contributed by atoms with Gasteiger partial charge in [0.1, 0.15) is 9.88 Å². The number of halogens is 1. The van der Waals surface area contributed by atoms with Gasteiger partial charge < -0.3 is 10.2 Å². The van der Waals surface area contributed by atoms with Gasteiger partial charge in [-0.3, -0.25) is 14.5 Å². The molecule has 0 aliphatic carbocycles. The Balaban J connectivity index is 1.68. The lowest BCUT2D eigenvalue weighted by Gasteiger charge is -2.34. The van der Waals surface area contributed by atoms with Crippen molar-refractivity contribution in [1.29, 1.82) is 0 Å². The zero-order valence-corrected chi connectivity index (χ0v) is 16.4. The molecule has 0 bridgehead atoms. The van der Waals surface area contributed by atoms with Crippen molar-refractivity contribution in [3.05, 3.63) is 39.9 Å². The number of carbonyl (C=O) groups excluding carboxylic acids is 2. The van der Waals surface area contributed by atoms with Crippen molar-refractivity contribution >= 4 is 34.8 Å². The Morgan fingerprint density at radius 1 is 1.27 bits per heavy atom. The van der Waals surface area contributed by atoms with Crippen LogP contribution in [0.25, 0.3) is 10.6 Å². The minimum atomic E-state index is -0.00533. The number of aromatic nitrogens is 1. The van der Waals surface area contributed by atoms with Crippen LogP contribution < -0.4 is 5.32 Å². The zero-order chi connectivity index (χ0) is 18.7. The molecule has 1 aliphatic heterocycles. The molecule has 0 unspecified atom stereocenters. The molecule has 1 aliphatic rings. The highest BCUT2D eigenvalue weighted by Gasteiger charge is 2.26. The summed E-state index contributed by atoms with van der Waals surface area (Å²) in [6.07, 6.45) is 0. The van der Waals surface area contributed by atoms with Gasteiger partial charge in [-0.1, -0.05) is 23.7 Å². The molecule has 0 radical (unpaired) electrons. The van der Waals surface area contributed by atoms with Crippen LogP contribution in [-0.2, 0) is 4.79 Å². The van der Waals surface area contributed by atoms with Crippen molar-refractivity contribution in [2.75, 3.05) is 39.8 Å². The molecule has 8 heteroatoms. The van der Waals surface area contributed by atoms with Crippen molar-refractivity contribution in [3.63, 3.8) is 0 Å². The fraction of sp³-hybridized carbons (Fsp3) is 0.389. The quantitative estimate of drug-likeness (QED) is 0.866. The molecule has 1 aromatic carbocycles. The van der Waals surface area contributed by atoms with Crippen molar-refractivity contribution < 1.29 is 9.59 Å². The number of likely N-dealkylation sites (N-methyl/N-ethyl adjacent to an activating group) is 1. The topological polar surface area (TPSA) is 65.5 Å². The molecule has 1 N–H and O–H groups in total. The van der Waals surface area contributed by atoms with Gasteiger partial charge >= 0.3 is 0 Å². The smallest absolute Gasteiger partial charge is 0.265 e. The highest BCUT2D eigenvalue weighted by molar-refractivity contribution is 7.17. The fourth-order valence-electron chi connectivity index (χ4n) is 2.87. The fourth-order valence-corrected chi connectivity index (χ4v) is 4.10. The lowest BCUT2D eigenvalue weighted by molar-refractivity contribution is -0.122. The van der Waals surface area contributed by atoms with Gasteiger partial charge in [0.2, 0.25) is 5.91 Å². The molecule has 0 saturated carbocycles. The first-order valence-corrected chi connectivity index (χ1v) is 9.63. The van der Waals surface area contributed by atoms with Crippen LogP contribution in [0.3, 0.4) is 0 Å². The van der Waals surface area contributed by atoms with Gasteiger partial charge in [-0.25, -0.2) is 4.98 Å². The summed E-state index contributed by atoms with van der Waals surface area (Å²) in [6.45, 7) is 4.84. The predicted octanol–water partition coefficient (Wildman–Crippen LogP) is 2.28. The van der Waals surface area contributed by atoms with Gasteiger partial charge in [-0.15, -0.1) is 11.3 Å². The molecule has 2 heterocycles. The van der Waals surface area contributed by atoms with E-state index in [1.165, 1.54) is 11.3 Å². The molecule has 0 atom stereocenters. The van der Waals surface area contributed by atoms with E-state index in [4.69, 9.17) is 11.6 Å². The third-order valence-electron chi connectivity index (χ3n) is 4.37. The maximum Gasteiger partial charge on any atom is 0.265 e. The SMILES string of the molecule is CNC(=O)CN1CCN(C(=O)c2sc(-c3cccc(Cl)c3)nc2C)CC1. The summed E-state index contributed by atoms with van der Waals surface area (Å²) in [5.74, 6) is 0.00196. The first-order chi connectivity index (χ1) is 12.5. The average Bonchev–Trinajstić information content (AvgIpc) is 3.03. The van der Waals surface area contributed by atoms with Crippen LogP contribution in [0.1, 0.15) is 15.4 Å². The largest absolute Gasteiger partial charge is 0.358 e. The van der Waals surface area contributed by atoms with E-state index in [1.807, 2.05) is 36.1 Å². The molecular weight excluding hydrogens is 372 g/mol. The first kappa shape index (κ1) is 18.8. The van der Waals surface area contributed by atoms with Crippen LogP contribution in [0.2, 0.25) is 5.02 Å². The summed E-state index contributed by atoms with van der Waals surface area (Å²) in [4.78, 5) is 33.5. The van der Waals surface area contributed by atoms with Gasteiger partial charge in [-0.2, -0.15) is 0 Å². The molecule has 138 valence electrons. The summed E-state index contributed by atoms with van der Waals surface area (Å²) >= 11 is 7.45. The van der Waals surface area contributed by atoms with Crippen molar-refractivity contribution in [1.82, 2.24) is 20.1 Å². The molecule has 1 aromatic heterocycles. The maximum absolute atomic E-state index is 12.9. The molecule has 1 saturated heterocycles. The molecule has 2 aromatic rings. The lowest BCUT2D eigenvalue weighted by atomic mass is 10.2. The number of amides is 2. The van der Waals surface area contributed by atoms with Gasteiger partial charge in [0.15, 0.2) is 0 Å². The van der Waals surface area contributed by atoms with E-state index in [0.717, 1.165) is 16.3 Å². The van der Waals surface area contributed by atoms with Gasteiger partial charge in [0.25, 0.3) is 5.91 Å². The van der Waals surface area contributed by atoms with Crippen LogP contribution in [0.4, 0.5) is 0 Å². The molecule has 6 nitrogen and oxygen atoms in total. The summed E-state index contributed by atoms with van der Waals surface area (Å²) < 4.78 is 0. The second kappa shape index (κ2) is 8.16. The molecule has 3 rings (SSSR count). The van der Waals surface area contributed by atoms with E-state index >= 15 is 0 Å². The summed E-state index contributed by atoms with van der Waals surface area (Å²) in [6, 6.07) is 7.49. The van der Waals surface area contributed by atoms with E-state index < -0.39 is 0 Å². The van der Waals surface area contributed by atoms with Crippen LogP contribution in [0.5, 0.6) is 0 Å². The number of hydrogen-bond donors (Lipinski definition) is 1. The number of nitrogens with one attached hydrogen (secondary N) is 1. The second-order valence-electron chi connectivity index (χ2n) is 6.19. The zero-order valence-electron chi connectivity index (χ0n) is 14.8. The van der Waals surface area contributed by atoms with Crippen molar-refractivity contribution in [2.24, 2.45) is 0 Å². The molecule has 1 fully saturated rings. The number of aryl methyl sites for hydroxylation is 1. The van der Waals surface area contributed by atoms with Crippen LogP contribution in [-0.4, -0.2) is 66.4 Å². The lowest BCUT2D eigenvalue weighted by Crippen LogP contribution is -2.50. The third kappa shape index (κ3) is 4.23. The van der Waals surface area contributed by atoms with E-state index in [2.05, 4.69) is 15.2 Å². The van der Waals surface area contributed by atoms with Gasteiger partial charge in [0, 0.05) is 43.8 Å². The summed E-state index contributed by atoms with van der Waals surface area (Å²) in [5, 5.41) is 4.07. The summed E-state index contributed by atoms with van der Waals surface area (Å²) in [5.41, 5.74) is 1.66. The van der Waals surface area contributed by atoms with Crippen molar-refractivity contribution in [2.45, 2.75) is 6.92 Å². The average molecular weight is 393 g/mol. The maximum atomic E-state index is 12.9. The van der Waals surface area contributed by atoms with Crippen molar-refractivity contribution in [3.8, 4) is 10.6 Å². The number of carbonyl (C=O) groups is 2. The number of thiazole rings is 1. The Bertz CT molecular complexity index is 815. The minimum absolute atomic E-state index is 0.00533. The standard InChI is InChI=1S/C18H21ClN4O2S/c1-12-16(26-17(21-12)13-4-3-5-14(19)10-13)18(25)23-8-6-22(7-9-23)11-15(24)20-2/h3-5,10H,6-9,11H2,1-2H3,(H,20,24). The Labute approximate surface area is 161 Å². The molecule has 2 amide bonds. The Morgan fingerprint density at radius 3 is 2.65 bits per heavy atom. The Hall–Kier alpha value is -1.96. The van der Waals surface area contributed by atoms with E-state index in [1.54, 1.807) is 7.05 Å². The van der Waals surface area contributed by atoms with E-state index in [-0.39, 0.29) is 11.8 Å². The normalized spacial score (nSPS) is 15.1. The van der Waals surface area contributed by atoms with Crippen LogP contribution in [0.15, 0.2) is 24.3 Å². The number of hydrogen-bond acceptors (Lipinski definition) is 5. The highest BCUT2D eigenvalue weighted by atomic mass is 35.5. The Kier molecular flexibility index (Phi) is 5.90. The molecule has 26 heavy (non-hydrogen) atoms. The molecular formula is C18H21ClN4O2S. The van der Waals surface area contributed by atoms with E-state index in [9.17, 15) is 9.59 Å². The number of rotatable bonds is 4. The summed E-state index contributed by atoms with van der Waals surface area (Å²) in [7, 11) is 1.63. The predicted molar refractivity (Wildman–Crippen MR) is 104 cm³/mol. The highest BCUT2D eigenvalue weighted by Crippen LogP contribution is 2.30. The number of piperazine rings is 1. The Morgan fingerprint density at radius 2 is 2.00 bits per heavy atom. The van der Waals surface area contributed by atoms with Gasteiger partial charge in [0.05, 0.1) is 12.2 Å². The monoisotopic (exact) mass is 392 g/mol. The van der Waals surface area contributed by atoms with Gasteiger partial charge in [-0.05, 0) is 19.1 Å². The van der Waals surface area contributed by atoms with Crippen LogP contribution >= 0.6 is 22.9 Å². The third-order valence-corrected chi connectivity index (χ3v) is 5.80. The first-order valence-electron chi connectivity index (χ1n) is 8.43.